The predicted octanol–water partition coefficient (Wildman–Crippen LogP) is 3.94. The number of piperidine rings is 1. The molecule has 0 unspecified atom stereocenters. The van der Waals surface area contributed by atoms with Crippen molar-refractivity contribution < 1.29 is 9.53 Å². The van der Waals surface area contributed by atoms with Crippen molar-refractivity contribution in [2.75, 3.05) is 19.7 Å². The van der Waals surface area contributed by atoms with E-state index in [-0.39, 0.29) is 5.91 Å². The SMILES string of the molecule is Cc1nc(C2CCN(C(=O)CCOc3ccccc3)CC2)sc1C. The Hall–Kier alpha value is -1.88. The summed E-state index contributed by atoms with van der Waals surface area (Å²) in [7, 11) is 0. The Morgan fingerprint density at radius 3 is 2.58 bits per heavy atom. The van der Waals surface area contributed by atoms with Crippen LogP contribution >= 0.6 is 11.3 Å². The molecule has 4 nitrogen and oxygen atoms in total. The van der Waals surface area contributed by atoms with Crippen molar-refractivity contribution in [2.45, 2.75) is 39.0 Å². The number of rotatable bonds is 5. The molecular formula is C19H24N2O2S. The first-order valence-corrected chi connectivity index (χ1v) is 9.34. The number of aromatic nitrogens is 1. The molecule has 0 atom stereocenters. The third kappa shape index (κ3) is 4.15. The Balaban J connectivity index is 1.43. The third-order valence-corrected chi connectivity index (χ3v) is 5.81. The monoisotopic (exact) mass is 344 g/mol. The van der Waals surface area contributed by atoms with Crippen molar-refractivity contribution in [2.24, 2.45) is 0 Å². The van der Waals surface area contributed by atoms with E-state index < -0.39 is 0 Å². The molecule has 1 aromatic carbocycles. The van der Waals surface area contributed by atoms with E-state index in [0.29, 0.717) is 18.9 Å². The maximum atomic E-state index is 12.3. The van der Waals surface area contributed by atoms with Gasteiger partial charge in [-0.25, -0.2) is 4.98 Å². The van der Waals surface area contributed by atoms with Gasteiger partial charge in [0.25, 0.3) is 0 Å². The van der Waals surface area contributed by atoms with Crippen molar-refractivity contribution in [3.05, 3.63) is 45.9 Å². The average molecular weight is 344 g/mol. The largest absolute Gasteiger partial charge is 0.493 e. The van der Waals surface area contributed by atoms with Gasteiger partial charge in [0, 0.05) is 23.9 Å². The number of carbonyl (C=O) groups is 1. The Labute approximate surface area is 147 Å². The van der Waals surface area contributed by atoms with Crippen molar-refractivity contribution >= 4 is 17.2 Å². The molecule has 1 aromatic heterocycles. The molecule has 24 heavy (non-hydrogen) atoms. The fourth-order valence-corrected chi connectivity index (χ4v) is 4.07. The zero-order valence-electron chi connectivity index (χ0n) is 14.3. The van der Waals surface area contributed by atoms with Gasteiger partial charge in [-0.05, 0) is 38.8 Å². The third-order valence-electron chi connectivity index (χ3n) is 4.57. The van der Waals surface area contributed by atoms with Crippen LogP contribution in [0.15, 0.2) is 30.3 Å². The Bertz CT molecular complexity index is 656. The Morgan fingerprint density at radius 2 is 1.96 bits per heavy atom. The first-order valence-electron chi connectivity index (χ1n) is 8.53. The number of hydrogen-bond donors (Lipinski definition) is 0. The molecule has 5 heteroatoms. The molecule has 3 rings (SSSR count). The van der Waals surface area contributed by atoms with E-state index in [4.69, 9.17) is 4.74 Å². The summed E-state index contributed by atoms with van der Waals surface area (Å²) in [6.45, 7) is 6.29. The molecule has 2 heterocycles. The van der Waals surface area contributed by atoms with E-state index in [1.807, 2.05) is 46.6 Å². The van der Waals surface area contributed by atoms with Crippen LogP contribution < -0.4 is 4.74 Å². The molecule has 0 spiro atoms. The van der Waals surface area contributed by atoms with E-state index in [2.05, 4.69) is 18.8 Å². The predicted molar refractivity (Wildman–Crippen MR) is 96.7 cm³/mol. The topological polar surface area (TPSA) is 42.4 Å². The van der Waals surface area contributed by atoms with E-state index in [1.165, 1.54) is 9.88 Å². The quantitative estimate of drug-likeness (QED) is 0.825. The Kier molecular flexibility index (Phi) is 5.51. The van der Waals surface area contributed by atoms with E-state index in [9.17, 15) is 4.79 Å². The second-order valence-corrected chi connectivity index (χ2v) is 7.50. The zero-order valence-corrected chi connectivity index (χ0v) is 15.1. The summed E-state index contributed by atoms with van der Waals surface area (Å²) in [6, 6.07) is 9.64. The molecule has 0 saturated carbocycles. The van der Waals surface area contributed by atoms with Crippen LogP contribution in [0.2, 0.25) is 0 Å². The van der Waals surface area contributed by atoms with Crippen LogP contribution in [0.3, 0.4) is 0 Å². The number of hydrogen-bond acceptors (Lipinski definition) is 4. The van der Waals surface area contributed by atoms with Crippen LogP contribution in [0.25, 0.3) is 0 Å². The van der Waals surface area contributed by atoms with Gasteiger partial charge in [0.2, 0.25) is 5.91 Å². The number of aryl methyl sites for hydroxylation is 2. The summed E-state index contributed by atoms with van der Waals surface area (Å²) < 4.78 is 5.62. The highest BCUT2D eigenvalue weighted by Gasteiger charge is 2.25. The molecule has 1 aliphatic rings. The summed E-state index contributed by atoms with van der Waals surface area (Å²) >= 11 is 1.81. The second kappa shape index (κ2) is 7.79. The van der Waals surface area contributed by atoms with Gasteiger partial charge in [-0.3, -0.25) is 4.79 Å². The van der Waals surface area contributed by atoms with Crippen LogP contribution in [-0.4, -0.2) is 35.5 Å². The lowest BCUT2D eigenvalue weighted by molar-refractivity contribution is -0.132. The number of thiazole rings is 1. The summed E-state index contributed by atoms with van der Waals surface area (Å²) in [5.74, 6) is 1.52. The number of ether oxygens (including phenoxy) is 1. The molecule has 0 N–H and O–H groups in total. The van der Waals surface area contributed by atoms with Crippen LogP contribution in [0.5, 0.6) is 5.75 Å². The van der Waals surface area contributed by atoms with Crippen LogP contribution in [-0.2, 0) is 4.79 Å². The number of para-hydroxylation sites is 1. The smallest absolute Gasteiger partial charge is 0.225 e. The van der Waals surface area contributed by atoms with E-state index in [0.717, 1.165) is 37.4 Å². The highest BCUT2D eigenvalue weighted by molar-refractivity contribution is 7.11. The van der Waals surface area contributed by atoms with Crippen molar-refractivity contribution in [1.29, 1.82) is 0 Å². The minimum Gasteiger partial charge on any atom is -0.493 e. The lowest BCUT2D eigenvalue weighted by Crippen LogP contribution is -2.38. The van der Waals surface area contributed by atoms with Crippen molar-refractivity contribution in [1.82, 2.24) is 9.88 Å². The molecule has 1 fully saturated rings. The number of benzene rings is 1. The number of nitrogens with zero attached hydrogens (tertiary/aromatic N) is 2. The van der Waals surface area contributed by atoms with E-state index in [1.54, 1.807) is 0 Å². The normalized spacial score (nSPS) is 15.5. The van der Waals surface area contributed by atoms with Crippen LogP contribution in [0.4, 0.5) is 0 Å². The fraction of sp³-hybridized carbons (Fsp3) is 0.474. The number of carbonyl (C=O) groups excluding carboxylic acids is 1. The molecule has 1 amide bonds. The molecule has 128 valence electrons. The maximum absolute atomic E-state index is 12.3. The number of amides is 1. The lowest BCUT2D eigenvalue weighted by Gasteiger charge is -2.31. The standard InChI is InChI=1S/C19H24N2O2S/c1-14-15(2)24-19(20-14)16-8-11-21(12-9-16)18(22)10-13-23-17-6-4-3-5-7-17/h3-7,16H,8-13H2,1-2H3. The van der Waals surface area contributed by atoms with Gasteiger partial charge in [0.05, 0.1) is 23.7 Å². The second-order valence-electron chi connectivity index (χ2n) is 6.26. The summed E-state index contributed by atoms with van der Waals surface area (Å²) in [4.78, 5) is 20.3. The average Bonchev–Trinajstić information content (AvgIpc) is 2.95. The van der Waals surface area contributed by atoms with Crippen LogP contribution in [0.1, 0.15) is 40.8 Å². The maximum Gasteiger partial charge on any atom is 0.225 e. The zero-order chi connectivity index (χ0) is 16.9. The highest BCUT2D eigenvalue weighted by atomic mass is 32.1. The van der Waals surface area contributed by atoms with Gasteiger partial charge in [-0.15, -0.1) is 11.3 Å². The number of likely N-dealkylation sites (tertiary alicyclic amines) is 1. The minimum absolute atomic E-state index is 0.191. The van der Waals surface area contributed by atoms with Gasteiger partial charge in [-0.2, -0.15) is 0 Å². The van der Waals surface area contributed by atoms with Crippen LogP contribution in [0, 0.1) is 13.8 Å². The van der Waals surface area contributed by atoms with Gasteiger partial charge in [-0.1, -0.05) is 18.2 Å². The summed E-state index contributed by atoms with van der Waals surface area (Å²) in [5.41, 5.74) is 1.14. The minimum atomic E-state index is 0.191. The van der Waals surface area contributed by atoms with Crippen molar-refractivity contribution in [3.8, 4) is 5.75 Å². The van der Waals surface area contributed by atoms with Gasteiger partial charge in [0.1, 0.15) is 5.75 Å². The first kappa shape index (κ1) is 17.0. The van der Waals surface area contributed by atoms with Gasteiger partial charge < -0.3 is 9.64 Å². The summed E-state index contributed by atoms with van der Waals surface area (Å²) in [5, 5.41) is 1.24. The van der Waals surface area contributed by atoms with Crippen molar-refractivity contribution in [3.63, 3.8) is 0 Å². The molecule has 2 aromatic rings. The molecule has 0 radical (unpaired) electrons. The molecule has 0 bridgehead atoms. The highest BCUT2D eigenvalue weighted by Crippen LogP contribution is 2.32. The molecule has 0 aliphatic carbocycles. The molecule has 1 aliphatic heterocycles. The summed E-state index contributed by atoms with van der Waals surface area (Å²) in [6.07, 6.45) is 2.46. The first-order chi connectivity index (χ1) is 11.6. The van der Waals surface area contributed by atoms with E-state index >= 15 is 0 Å². The fourth-order valence-electron chi connectivity index (χ4n) is 2.98. The molecule has 1 saturated heterocycles. The van der Waals surface area contributed by atoms with Gasteiger partial charge >= 0.3 is 0 Å². The molecular weight excluding hydrogens is 320 g/mol. The lowest BCUT2D eigenvalue weighted by atomic mass is 9.97. The van der Waals surface area contributed by atoms with Gasteiger partial charge in [0.15, 0.2) is 0 Å². The Morgan fingerprint density at radius 1 is 1.25 bits per heavy atom.